The first-order chi connectivity index (χ1) is 13.7. The molecule has 1 N–H and O–H groups in total. The Morgan fingerprint density at radius 3 is 2.86 bits per heavy atom. The van der Waals surface area contributed by atoms with Crippen LogP contribution < -0.4 is 10.2 Å². The summed E-state index contributed by atoms with van der Waals surface area (Å²) in [5, 5.41) is 3.03. The third-order valence-corrected chi connectivity index (χ3v) is 5.12. The van der Waals surface area contributed by atoms with Crippen LogP contribution in [-0.4, -0.2) is 52.7 Å². The van der Waals surface area contributed by atoms with E-state index in [4.69, 9.17) is 4.74 Å². The molecule has 2 aromatic heterocycles. The third kappa shape index (κ3) is 4.78. The van der Waals surface area contributed by atoms with Gasteiger partial charge in [-0.3, -0.25) is 4.98 Å². The van der Waals surface area contributed by atoms with Crippen LogP contribution in [0.25, 0.3) is 0 Å². The van der Waals surface area contributed by atoms with Gasteiger partial charge in [0.05, 0.1) is 24.9 Å². The fraction of sp³-hybridized carbons (Fsp3) is 0.476. The van der Waals surface area contributed by atoms with Crippen molar-refractivity contribution in [3.8, 4) is 0 Å². The van der Waals surface area contributed by atoms with Crippen LogP contribution in [0.1, 0.15) is 31.0 Å². The average Bonchev–Trinajstić information content (AvgIpc) is 3.56. The van der Waals surface area contributed by atoms with Crippen LogP contribution >= 0.6 is 0 Å². The van der Waals surface area contributed by atoms with Crippen LogP contribution in [0.3, 0.4) is 0 Å². The van der Waals surface area contributed by atoms with Gasteiger partial charge in [0.25, 0.3) is 0 Å². The number of urea groups is 1. The van der Waals surface area contributed by atoms with Crippen LogP contribution in [0, 0.1) is 0 Å². The normalized spacial score (nSPS) is 19.3. The molecule has 1 aliphatic heterocycles. The van der Waals surface area contributed by atoms with Gasteiger partial charge < -0.3 is 19.9 Å². The van der Waals surface area contributed by atoms with E-state index in [9.17, 15) is 4.79 Å². The number of anilines is 1. The van der Waals surface area contributed by atoms with Crippen molar-refractivity contribution in [1.29, 1.82) is 0 Å². The maximum atomic E-state index is 12.7. The number of amides is 2. The molecule has 1 atom stereocenters. The van der Waals surface area contributed by atoms with E-state index in [0.717, 1.165) is 49.6 Å². The molecule has 0 unspecified atom stereocenters. The topological polar surface area (TPSA) is 70.6 Å². The van der Waals surface area contributed by atoms with Gasteiger partial charge in [0.1, 0.15) is 5.82 Å². The highest BCUT2D eigenvalue weighted by Gasteiger charge is 2.32. The fourth-order valence-corrected chi connectivity index (χ4v) is 3.43. The van der Waals surface area contributed by atoms with Crippen molar-refractivity contribution in [2.75, 3.05) is 24.6 Å². The quantitative estimate of drug-likeness (QED) is 0.833. The molecule has 1 saturated heterocycles. The number of aromatic nitrogens is 2. The Hall–Kier alpha value is -2.67. The first-order valence-corrected chi connectivity index (χ1v) is 9.95. The minimum Gasteiger partial charge on any atom is -0.375 e. The Labute approximate surface area is 165 Å². The fourth-order valence-electron chi connectivity index (χ4n) is 3.43. The summed E-state index contributed by atoms with van der Waals surface area (Å²) in [6, 6.07) is 10.1. The molecule has 0 aromatic carbocycles. The molecular formula is C21H27N5O2. The van der Waals surface area contributed by atoms with Gasteiger partial charge in [-0.15, -0.1) is 0 Å². The van der Waals surface area contributed by atoms with E-state index in [2.05, 4.69) is 27.1 Å². The number of rotatable bonds is 6. The molecule has 2 fully saturated rings. The van der Waals surface area contributed by atoms with Crippen LogP contribution in [0.4, 0.5) is 10.6 Å². The molecule has 3 heterocycles. The lowest BCUT2D eigenvalue weighted by Gasteiger charge is -2.32. The molecule has 1 saturated carbocycles. The summed E-state index contributed by atoms with van der Waals surface area (Å²) in [7, 11) is 0. The number of hydrogen-bond donors (Lipinski definition) is 1. The molecule has 2 aromatic rings. The zero-order valence-corrected chi connectivity index (χ0v) is 16.3. The second kappa shape index (κ2) is 8.56. The largest absolute Gasteiger partial charge is 0.375 e. The van der Waals surface area contributed by atoms with Crippen molar-refractivity contribution < 1.29 is 9.53 Å². The van der Waals surface area contributed by atoms with Gasteiger partial charge >= 0.3 is 6.03 Å². The summed E-state index contributed by atoms with van der Waals surface area (Å²) in [5.74, 6) is 0.958. The van der Waals surface area contributed by atoms with E-state index in [-0.39, 0.29) is 12.1 Å². The Balaban J connectivity index is 1.32. The minimum absolute atomic E-state index is 0.0424. The van der Waals surface area contributed by atoms with Crippen molar-refractivity contribution in [3.63, 3.8) is 0 Å². The number of carbonyl (C=O) groups excluding carboxylic acids is 1. The zero-order chi connectivity index (χ0) is 19.3. The molecule has 2 aliphatic rings. The van der Waals surface area contributed by atoms with Crippen LogP contribution in [-0.2, 0) is 17.8 Å². The monoisotopic (exact) mass is 381 g/mol. The van der Waals surface area contributed by atoms with Gasteiger partial charge in [0, 0.05) is 38.1 Å². The molecule has 148 valence electrons. The van der Waals surface area contributed by atoms with Crippen LogP contribution in [0.2, 0.25) is 0 Å². The zero-order valence-electron chi connectivity index (χ0n) is 16.3. The summed E-state index contributed by atoms with van der Waals surface area (Å²) in [6.45, 7) is 5.53. The minimum atomic E-state index is -0.0424. The Morgan fingerprint density at radius 1 is 1.29 bits per heavy atom. The van der Waals surface area contributed by atoms with Crippen LogP contribution in [0.5, 0.6) is 0 Å². The Bertz CT molecular complexity index is 779. The smallest absolute Gasteiger partial charge is 0.318 e. The van der Waals surface area contributed by atoms with Gasteiger partial charge in [-0.1, -0.05) is 12.1 Å². The molecule has 0 spiro atoms. The van der Waals surface area contributed by atoms with Crippen molar-refractivity contribution >= 4 is 11.8 Å². The Kier molecular flexibility index (Phi) is 5.71. The van der Waals surface area contributed by atoms with Crippen molar-refractivity contribution in [2.45, 2.75) is 45.0 Å². The molecule has 28 heavy (non-hydrogen) atoms. The van der Waals surface area contributed by atoms with E-state index in [1.54, 1.807) is 6.20 Å². The maximum absolute atomic E-state index is 12.7. The second-order valence-electron chi connectivity index (χ2n) is 7.49. The summed E-state index contributed by atoms with van der Waals surface area (Å²) < 4.78 is 5.58. The number of nitrogens with zero attached hydrogens (tertiary/aromatic N) is 4. The lowest BCUT2D eigenvalue weighted by atomic mass is 10.2. The van der Waals surface area contributed by atoms with Crippen molar-refractivity contribution in [3.05, 3.63) is 54.0 Å². The van der Waals surface area contributed by atoms with Gasteiger partial charge in [0.2, 0.25) is 0 Å². The predicted molar refractivity (Wildman–Crippen MR) is 107 cm³/mol. The van der Waals surface area contributed by atoms with Gasteiger partial charge in [-0.05, 0) is 43.5 Å². The highest BCUT2D eigenvalue weighted by atomic mass is 16.5. The molecule has 7 nitrogen and oxygen atoms in total. The molecule has 7 heteroatoms. The summed E-state index contributed by atoms with van der Waals surface area (Å²) in [6.07, 6.45) is 5.96. The molecule has 0 bridgehead atoms. The predicted octanol–water partition coefficient (Wildman–Crippen LogP) is 2.58. The number of hydrogen-bond acceptors (Lipinski definition) is 5. The summed E-state index contributed by atoms with van der Waals surface area (Å²) in [4.78, 5) is 25.7. The molecule has 1 aliphatic carbocycles. The molecular weight excluding hydrogens is 354 g/mol. The van der Waals surface area contributed by atoms with E-state index in [1.807, 2.05) is 41.4 Å². The Morgan fingerprint density at radius 2 is 2.18 bits per heavy atom. The number of morpholine rings is 1. The highest BCUT2D eigenvalue weighted by Crippen LogP contribution is 2.28. The lowest BCUT2D eigenvalue weighted by Crippen LogP contribution is -2.41. The maximum Gasteiger partial charge on any atom is 0.318 e. The van der Waals surface area contributed by atoms with Crippen LogP contribution in [0.15, 0.2) is 42.7 Å². The lowest BCUT2D eigenvalue weighted by molar-refractivity contribution is 0.0529. The highest BCUT2D eigenvalue weighted by molar-refractivity contribution is 5.74. The first kappa shape index (κ1) is 18.7. The number of ether oxygens (including phenoxy) is 1. The standard InChI is InChI=1S/C21H27N5O2/c1-16-14-25(10-11-28-16)20-8-5-17(12-23-20)13-24-21(27)26(19-6-7-19)15-18-4-2-3-9-22-18/h2-5,8-9,12,16,19H,6-7,10-11,13-15H2,1H3,(H,24,27)/t16-/m0/s1. The molecule has 2 amide bonds. The summed E-state index contributed by atoms with van der Waals surface area (Å²) in [5.41, 5.74) is 1.90. The SMILES string of the molecule is C[C@H]1CN(c2ccc(CNC(=O)N(Cc3ccccn3)C3CC3)cn2)CCO1. The first-order valence-electron chi connectivity index (χ1n) is 9.95. The third-order valence-electron chi connectivity index (χ3n) is 5.12. The number of carbonyl (C=O) groups is 1. The van der Waals surface area contributed by atoms with Gasteiger partial charge in [-0.25, -0.2) is 9.78 Å². The van der Waals surface area contributed by atoms with Gasteiger partial charge in [0.15, 0.2) is 0 Å². The van der Waals surface area contributed by atoms with Gasteiger partial charge in [-0.2, -0.15) is 0 Å². The molecule has 0 radical (unpaired) electrons. The number of pyridine rings is 2. The number of nitrogens with one attached hydrogen (secondary N) is 1. The van der Waals surface area contributed by atoms with Crippen molar-refractivity contribution in [2.24, 2.45) is 0 Å². The summed E-state index contributed by atoms with van der Waals surface area (Å²) >= 11 is 0. The second-order valence-corrected chi connectivity index (χ2v) is 7.49. The van der Waals surface area contributed by atoms with E-state index in [0.29, 0.717) is 19.1 Å². The van der Waals surface area contributed by atoms with E-state index in [1.165, 1.54) is 0 Å². The van der Waals surface area contributed by atoms with Crippen molar-refractivity contribution in [1.82, 2.24) is 20.2 Å². The molecule has 4 rings (SSSR count). The van der Waals surface area contributed by atoms with E-state index < -0.39 is 0 Å². The van der Waals surface area contributed by atoms with E-state index >= 15 is 0 Å². The average molecular weight is 381 g/mol.